The highest BCUT2D eigenvalue weighted by Gasteiger charge is 2.05. The van der Waals surface area contributed by atoms with Crippen molar-refractivity contribution in [1.29, 1.82) is 0 Å². The van der Waals surface area contributed by atoms with Crippen molar-refractivity contribution in [2.45, 2.75) is 13.3 Å². The standard InChI is InChI=1S/C11H16Cl2N2/c1-2-8(6-14)7-15-11-4-3-9(12)5-10(11)13/h3-5,8,15H,2,6-7,14H2,1H3. The first-order chi connectivity index (χ1) is 7.17. The summed E-state index contributed by atoms with van der Waals surface area (Å²) < 4.78 is 0. The van der Waals surface area contributed by atoms with E-state index in [9.17, 15) is 0 Å². The SMILES string of the molecule is CCC(CN)CNc1ccc(Cl)cc1Cl. The normalized spacial score (nSPS) is 12.5. The van der Waals surface area contributed by atoms with Crippen molar-refractivity contribution in [3.05, 3.63) is 28.2 Å². The van der Waals surface area contributed by atoms with Gasteiger partial charge < -0.3 is 11.1 Å². The lowest BCUT2D eigenvalue weighted by Crippen LogP contribution is -2.22. The molecular formula is C11H16Cl2N2. The fourth-order valence-corrected chi connectivity index (χ4v) is 1.76. The van der Waals surface area contributed by atoms with E-state index in [0.29, 0.717) is 22.5 Å². The molecule has 0 aliphatic heterocycles. The molecule has 1 aromatic carbocycles. The van der Waals surface area contributed by atoms with E-state index in [4.69, 9.17) is 28.9 Å². The molecular weight excluding hydrogens is 231 g/mol. The molecule has 0 spiro atoms. The van der Waals surface area contributed by atoms with Gasteiger partial charge in [0.15, 0.2) is 0 Å². The number of anilines is 1. The summed E-state index contributed by atoms with van der Waals surface area (Å²) in [6.07, 6.45) is 1.06. The first kappa shape index (κ1) is 12.6. The Hall–Kier alpha value is -0.440. The molecule has 0 aromatic heterocycles. The van der Waals surface area contributed by atoms with E-state index in [-0.39, 0.29) is 0 Å². The van der Waals surface area contributed by atoms with E-state index in [1.165, 1.54) is 0 Å². The molecule has 4 heteroatoms. The van der Waals surface area contributed by atoms with Crippen molar-refractivity contribution in [3.8, 4) is 0 Å². The third kappa shape index (κ3) is 3.90. The predicted molar refractivity (Wildman–Crippen MR) is 67.8 cm³/mol. The van der Waals surface area contributed by atoms with Gasteiger partial charge >= 0.3 is 0 Å². The molecule has 1 aromatic rings. The topological polar surface area (TPSA) is 38.0 Å². The summed E-state index contributed by atoms with van der Waals surface area (Å²) in [7, 11) is 0. The zero-order valence-corrected chi connectivity index (χ0v) is 10.3. The van der Waals surface area contributed by atoms with E-state index in [1.54, 1.807) is 6.07 Å². The molecule has 0 amide bonds. The summed E-state index contributed by atoms with van der Waals surface area (Å²) in [5.74, 6) is 0.483. The van der Waals surface area contributed by atoms with E-state index in [1.807, 2.05) is 12.1 Å². The van der Waals surface area contributed by atoms with Gasteiger partial charge in [-0.25, -0.2) is 0 Å². The molecule has 0 aliphatic carbocycles. The Balaban J connectivity index is 2.57. The number of nitrogens with one attached hydrogen (secondary N) is 1. The molecule has 0 radical (unpaired) electrons. The second-order valence-electron chi connectivity index (χ2n) is 3.52. The highest BCUT2D eigenvalue weighted by Crippen LogP contribution is 2.25. The summed E-state index contributed by atoms with van der Waals surface area (Å²) in [5.41, 5.74) is 6.53. The molecule has 0 aliphatic rings. The predicted octanol–water partition coefficient (Wildman–Crippen LogP) is 3.39. The quantitative estimate of drug-likeness (QED) is 0.836. The first-order valence-electron chi connectivity index (χ1n) is 5.06. The second-order valence-corrected chi connectivity index (χ2v) is 4.36. The number of rotatable bonds is 5. The highest BCUT2D eigenvalue weighted by atomic mass is 35.5. The summed E-state index contributed by atoms with van der Waals surface area (Å²) in [4.78, 5) is 0. The Morgan fingerprint density at radius 3 is 2.67 bits per heavy atom. The molecule has 0 saturated heterocycles. The van der Waals surface area contributed by atoms with Crippen molar-refractivity contribution in [3.63, 3.8) is 0 Å². The summed E-state index contributed by atoms with van der Waals surface area (Å²) in [6.45, 7) is 3.66. The minimum absolute atomic E-state index is 0.483. The van der Waals surface area contributed by atoms with Gasteiger partial charge in [0.05, 0.1) is 10.7 Å². The van der Waals surface area contributed by atoms with Gasteiger partial charge in [0.1, 0.15) is 0 Å². The van der Waals surface area contributed by atoms with Crippen LogP contribution in [0.15, 0.2) is 18.2 Å². The Labute approximate surface area is 101 Å². The van der Waals surface area contributed by atoms with Crippen LogP contribution >= 0.6 is 23.2 Å². The number of nitrogens with two attached hydrogens (primary N) is 1. The lowest BCUT2D eigenvalue weighted by atomic mass is 10.1. The second kappa shape index (κ2) is 6.21. The first-order valence-corrected chi connectivity index (χ1v) is 5.82. The van der Waals surface area contributed by atoms with Crippen LogP contribution in [0, 0.1) is 5.92 Å². The van der Waals surface area contributed by atoms with Crippen molar-refractivity contribution in [2.75, 3.05) is 18.4 Å². The number of benzene rings is 1. The Morgan fingerprint density at radius 2 is 2.13 bits per heavy atom. The van der Waals surface area contributed by atoms with Crippen LogP contribution in [-0.4, -0.2) is 13.1 Å². The number of hydrogen-bond donors (Lipinski definition) is 2. The highest BCUT2D eigenvalue weighted by molar-refractivity contribution is 6.36. The fraction of sp³-hybridized carbons (Fsp3) is 0.455. The minimum atomic E-state index is 0.483. The van der Waals surface area contributed by atoms with Gasteiger partial charge in [0.2, 0.25) is 0 Å². The van der Waals surface area contributed by atoms with Gasteiger partial charge in [-0.15, -0.1) is 0 Å². The Morgan fingerprint density at radius 1 is 1.40 bits per heavy atom. The van der Waals surface area contributed by atoms with Gasteiger partial charge in [-0.3, -0.25) is 0 Å². The maximum absolute atomic E-state index is 6.02. The van der Waals surface area contributed by atoms with Crippen LogP contribution in [0.25, 0.3) is 0 Å². The number of halogens is 2. The molecule has 3 N–H and O–H groups in total. The molecule has 0 saturated carbocycles. The van der Waals surface area contributed by atoms with Crippen LogP contribution in [0.5, 0.6) is 0 Å². The van der Waals surface area contributed by atoms with Crippen LogP contribution in [-0.2, 0) is 0 Å². The smallest absolute Gasteiger partial charge is 0.0652 e. The summed E-state index contributed by atoms with van der Waals surface area (Å²) in [6, 6.07) is 5.43. The monoisotopic (exact) mass is 246 g/mol. The van der Waals surface area contributed by atoms with Crippen LogP contribution in [0.3, 0.4) is 0 Å². The Kier molecular flexibility index (Phi) is 5.23. The van der Waals surface area contributed by atoms with Gasteiger partial charge in [0.25, 0.3) is 0 Å². The van der Waals surface area contributed by atoms with Crippen LogP contribution in [0.4, 0.5) is 5.69 Å². The maximum atomic E-state index is 6.02. The van der Waals surface area contributed by atoms with E-state index in [2.05, 4.69) is 12.2 Å². The van der Waals surface area contributed by atoms with Gasteiger partial charge in [-0.2, -0.15) is 0 Å². The molecule has 1 unspecified atom stereocenters. The van der Waals surface area contributed by atoms with E-state index in [0.717, 1.165) is 18.7 Å². The molecule has 1 rings (SSSR count). The Bertz CT molecular complexity index is 311. The largest absolute Gasteiger partial charge is 0.384 e. The minimum Gasteiger partial charge on any atom is -0.384 e. The van der Waals surface area contributed by atoms with E-state index >= 15 is 0 Å². The van der Waals surface area contributed by atoms with Crippen LogP contribution < -0.4 is 11.1 Å². The molecule has 0 bridgehead atoms. The molecule has 84 valence electrons. The fourth-order valence-electron chi connectivity index (χ4n) is 1.28. The lowest BCUT2D eigenvalue weighted by Gasteiger charge is -2.15. The third-order valence-electron chi connectivity index (χ3n) is 2.42. The average molecular weight is 247 g/mol. The zero-order chi connectivity index (χ0) is 11.3. The van der Waals surface area contributed by atoms with Crippen molar-refractivity contribution in [1.82, 2.24) is 0 Å². The maximum Gasteiger partial charge on any atom is 0.0652 e. The van der Waals surface area contributed by atoms with Crippen molar-refractivity contribution >= 4 is 28.9 Å². The van der Waals surface area contributed by atoms with Crippen LogP contribution in [0.2, 0.25) is 10.0 Å². The van der Waals surface area contributed by atoms with Crippen molar-refractivity contribution < 1.29 is 0 Å². The van der Waals surface area contributed by atoms with Crippen LogP contribution in [0.1, 0.15) is 13.3 Å². The molecule has 0 fully saturated rings. The lowest BCUT2D eigenvalue weighted by molar-refractivity contribution is 0.548. The molecule has 0 heterocycles. The van der Waals surface area contributed by atoms with Gasteiger partial charge in [-0.1, -0.05) is 36.5 Å². The molecule has 15 heavy (non-hydrogen) atoms. The third-order valence-corrected chi connectivity index (χ3v) is 2.97. The zero-order valence-electron chi connectivity index (χ0n) is 8.76. The molecule has 1 atom stereocenters. The number of hydrogen-bond acceptors (Lipinski definition) is 2. The van der Waals surface area contributed by atoms with Crippen molar-refractivity contribution in [2.24, 2.45) is 11.7 Å². The van der Waals surface area contributed by atoms with Gasteiger partial charge in [0, 0.05) is 11.6 Å². The summed E-state index contributed by atoms with van der Waals surface area (Å²) >= 11 is 11.8. The average Bonchev–Trinajstić information content (AvgIpc) is 2.22. The van der Waals surface area contributed by atoms with Gasteiger partial charge in [-0.05, 0) is 30.7 Å². The molecule has 2 nitrogen and oxygen atoms in total. The van der Waals surface area contributed by atoms with E-state index < -0.39 is 0 Å². The summed E-state index contributed by atoms with van der Waals surface area (Å²) in [5, 5.41) is 4.57.